The minimum absolute atomic E-state index is 0.525. The molecule has 0 aromatic heterocycles. The minimum atomic E-state index is 0.525. The molecule has 0 bridgehead atoms. The third-order valence-corrected chi connectivity index (χ3v) is 5.33. The monoisotopic (exact) mass is 340 g/mol. The van der Waals surface area contributed by atoms with E-state index in [2.05, 4.69) is 64.4 Å². The lowest BCUT2D eigenvalue weighted by Crippen LogP contribution is -2.49. The number of hydrogen-bond donors (Lipinski definition) is 2. The van der Waals surface area contributed by atoms with Gasteiger partial charge in [0.2, 0.25) is 0 Å². The van der Waals surface area contributed by atoms with Crippen LogP contribution in [-0.4, -0.2) is 50.1 Å². The van der Waals surface area contributed by atoms with Crippen molar-refractivity contribution in [2.75, 3.05) is 33.2 Å². The first kappa shape index (κ1) is 18.0. The van der Waals surface area contributed by atoms with Crippen LogP contribution in [0.5, 0.6) is 0 Å². The maximum atomic E-state index is 4.41. The van der Waals surface area contributed by atoms with E-state index in [9.17, 15) is 0 Å². The summed E-state index contributed by atoms with van der Waals surface area (Å²) in [7, 11) is 1.87. The number of nitrogens with one attached hydrogen (secondary N) is 2. The van der Waals surface area contributed by atoms with Gasteiger partial charge in [0.15, 0.2) is 5.96 Å². The second-order valence-corrected chi connectivity index (χ2v) is 7.62. The summed E-state index contributed by atoms with van der Waals surface area (Å²) < 4.78 is 0. The molecular weight excluding hydrogens is 308 g/mol. The van der Waals surface area contributed by atoms with Gasteiger partial charge < -0.3 is 10.6 Å². The zero-order chi connectivity index (χ0) is 17.6. The maximum absolute atomic E-state index is 4.41. The van der Waals surface area contributed by atoms with E-state index < -0.39 is 0 Å². The van der Waals surface area contributed by atoms with Crippen LogP contribution in [0.15, 0.2) is 47.5 Å². The van der Waals surface area contributed by atoms with Gasteiger partial charge in [-0.05, 0) is 43.6 Å². The SMILES string of the molecule is C=C(C)CN1CCC(NC(=NC)NCC2CC2c2ccccc2)CC1. The molecule has 1 aliphatic heterocycles. The van der Waals surface area contributed by atoms with Crippen molar-refractivity contribution in [3.05, 3.63) is 48.0 Å². The lowest BCUT2D eigenvalue weighted by atomic mass is 10.0. The van der Waals surface area contributed by atoms with Crippen molar-refractivity contribution in [2.24, 2.45) is 10.9 Å². The number of guanidine groups is 1. The molecule has 0 spiro atoms. The van der Waals surface area contributed by atoms with E-state index in [0.717, 1.165) is 44.0 Å². The Balaban J connectivity index is 1.37. The Morgan fingerprint density at radius 1 is 1.24 bits per heavy atom. The highest BCUT2D eigenvalue weighted by Gasteiger charge is 2.37. The van der Waals surface area contributed by atoms with E-state index in [1.165, 1.54) is 30.4 Å². The second-order valence-electron chi connectivity index (χ2n) is 7.62. The van der Waals surface area contributed by atoms with Crippen LogP contribution >= 0.6 is 0 Å². The Labute approximate surface area is 152 Å². The van der Waals surface area contributed by atoms with Gasteiger partial charge in [0, 0.05) is 39.3 Å². The van der Waals surface area contributed by atoms with E-state index in [4.69, 9.17) is 0 Å². The zero-order valence-electron chi connectivity index (χ0n) is 15.7. The average molecular weight is 341 g/mol. The predicted molar refractivity (Wildman–Crippen MR) is 106 cm³/mol. The second kappa shape index (κ2) is 8.52. The summed E-state index contributed by atoms with van der Waals surface area (Å²) in [5.74, 6) is 2.41. The lowest BCUT2D eigenvalue weighted by molar-refractivity contribution is 0.221. The Kier molecular flexibility index (Phi) is 6.14. The van der Waals surface area contributed by atoms with Gasteiger partial charge in [-0.25, -0.2) is 0 Å². The summed E-state index contributed by atoms with van der Waals surface area (Å²) in [6.07, 6.45) is 3.63. The van der Waals surface area contributed by atoms with Gasteiger partial charge in [-0.3, -0.25) is 9.89 Å². The topological polar surface area (TPSA) is 39.7 Å². The highest BCUT2D eigenvalue weighted by atomic mass is 15.2. The van der Waals surface area contributed by atoms with Crippen LogP contribution in [0, 0.1) is 5.92 Å². The molecule has 2 fully saturated rings. The van der Waals surface area contributed by atoms with Gasteiger partial charge >= 0.3 is 0 Å². The molecule has 0 amide bonds. The maximum Gasteiger partial charge on any atom is 0.191 e. The third-order valence-electron chi connectivity index (χ3n) is 5.33. The van der Waals surface area contributed by atoms with Crippen LogP contribution in [-0.2, 0) is 0 Å². The largest absolute Gasteiger partial charge is 0.356 e. The first-order chi connectivity index (χ1) is 12.2. The number of hydrogen-bond acceptors (Lipinski definition) is 2. The highest BCUT2D eigenvalue weighted by Crippen LogP contribution is 2.46. The molecular formula is C21H32N4. The standard InChI is InChI=1S/C21H32N4/c1-16(2)15-25-11-9-19(10-12-25)24-21(22-3)23-14-18-13-20(18)17-7-5-4-6-8-17/h4-8,18-20H,1,9-15H2,2-3H3,(H2,22,23,24). The van der Waals surface area contributed by atoms with Crippen molar-refractivity contribution >= 4 is 5.96 Å². The summed E-state index contributed by atoms with van der Waals surface area (Å²) in [5.41, 5.74) is 2.73. The molecule has 1 saturated heterocycles. The normalized spacial score (nSPS) is 24.8. The molecule has 25 heavy (non-hydrogen) atoms. The summed E-state index contributed by atoms with van der Waals surface area (Å²) in [6.45, 7) is 10.4. The van der Waals surface area contributed by atoms with Gasteiger partial charge in [-0.1, -0.05) is 42.5 Å². The molecule has 4 heteroatoms. The van der Waals surface area contributed by atoms with Crippen LogP contribution in [0.25, 0.3) is 0 Å². The lowest BCUT2D eigenvalue weighted by Gasteiger charge is -2.33. The molecule has 0 radical (unpaired) electrons. The predicted octanol–water partition coefficient (Wildman–Crippen LogP) is 3.00. The molecule has 136 valence electrons. The Hall–Kier alpha value is -1.81. The molecule has 1 heterocycles. The molecule has 1 saturated carbocycles. The minimum Gasteiger partial charge on any atom is -0.356 e. The molecule has 1 aromatic rings. The van der Waals surface area contributed by atoms with Gasteiger partial charge in [0.05, 0.1) is 0 Å². The Bertz CT molecular complexity index is 587. The van der Waals surface area contributed by atoms with Crippen molar-refractivity contribution in [1.82, 2.24) is 15.5 Å². The van der Waals surface area contributed by atoms with Gasteiger partial charge in [0.1, 0.15) is 0 Å². The first-order valence-electron chi connectivity index (χ1n) is 9.54. The smallest absolute Gasteiger partial charge is 0.191 e. The average Bonchev–Trinajstić information content (AvgIpc) is 3.40. The van der Waals surface area contributed by atoms with E-state index in [0.29, 0.717) is 6.04 Å². The number of nitrogens with zero attached hydrogens (tertiary/aromatic N) is 2. The zero-order valence-corrected chi connectivity index (χ0v) is 15.7. The highest BCUT2D eigenvalue weighted by molar-refractivity contribution is 5.80. The fourth-order valence-corrected chi connectivity index (χ4v) is 3.81. The number of piperidine rings is 1. The van der Waals surface area contributed by atoms with Gasteiger partial charge in [0.25, 0.3) is 0 Å². The van der Waals surface area contributed by atoms with Crippen molar-refractivity contribution in [2.45, 2.75) is 38.1 Å². The number of aliphatic imine (C=N–C) groups is 1. The van der Waals surface area contributed by atoms with Crippen LogP contribution in [0.2, 0.25) is 0 Å². The van der Waals surface area contributed by atoms with Crippen molar-refractivity contribution < 1.29 is 0 Å². The quantitative estimate of drug-likeness (QED) is 0.475. The van der Waals surface area contributed by atoms with Crippen molar-refractivity contribution in [3.8, 4) is 0 Å². The molecule has 2 unspecified atom stereocenters. The van der Waals surface area contributed by atoms with E-state index in [1.807, 2.05) is 7.05 Å². The summed E-state index contributed by atoms with van der Waals surface area (Å²) in [5, 5.41) is 7.14. The molecule has 2 aliphatic rings. The first-order valence-corrected chi connectivity index (χ1v) is 9.54. The fourth-order valence-electron chi connectivity index (χ4n) is 3.81. The number of rotatable bonds is 6. The fraction of sp³-hybridized carbons (Fsp3) is 0.571. The molecule has 3 rings (SSSR count). The summed E-state index contributed by atoms with van der Waals surface area (Å²) in [4.78, 5) is 6.91. The van der Waals surface area contributed by atoms with Gasteiger partial charge in [-0.2, -0.15) is 0 Å². The Morgan fingerprint density at radius 3 is 2.60 bits per heavy atom. The van der Waals surface area contributed by atoms with E-state index in [-0.39, 0.29) is 0 Å². The number of likely N-dealkylation sites (tertiary alicyclic amines) is 1. The van der Waals surface area contributed by atoms with Crippen LogP contribution in [0.1, 0.15) is 37.7 Å². The molecule has 1 aliphatic carbocycles. The van der Waals surface area contributed by atoms with E-state index in [1.54, 1.807) is 0 Å². The van der Waals surface area contributed by atoms with Crippen LogP contribution in [0.4, 0.5) is 0 Å². The molecule has 4 nitrogen and oxygen atoms in total. The Morgan fingerprint density at radius 2 is 1.96 bits per heavy atom. The number of benzene rings is 1. The summed E-state index contributed by atoms with van der Waals surface area (Å²) in [6, 6.07) is 11.4. The molecule has 1 aromatic carbocycles. The van der Waals surface area contributed by atoms with Crippen LogP contribution in [0.3, 0.4) is 0 Å². The molecule has 2 N–H and O–H groups in total. The molecule has 2 atom stereocenters. The van der Waals surface area contributed by atoms with Crippen molar-refractivity contribution in [1.29, 1.82) is 0 Å². The van der Waals surface area contributed by atoms with Crippen molar-refractivity contribution in [3.63, 3.8) is 0 Å². The van der Waals surface area contributed by atoms with Crippen LogP contribution < -0.4 is 10.6 Å². The third kappa shape index (κ3) is 5.33. The van der Waals surface area contributed by atoms with Gasteiger partial charge in [-0.15, -0.1) is 0 Å². The summed E-state index contributed by atoms with van der Waals surface area (Å²) >= 11 is 0. The van der Waals surface area contributed by atoms with E-state index >= 15 is 0 Å².